The molecule has 40 heavy (non-hydrogen) atoms. The molecule has 0 spiro atoms. The fourth-order valence-corrected chi connectivity index (χ4v) is 5.59. The summed E-state index contributed by atoms with van der Waals surface area (Å²) in [4.78, 5) is 0. The van der Waals surface area contributed by atoms with Crippen LogP contribution in [0, 0.1) is 5.41 Å². The van der Waals surface area contributed by atoms with E-state index >= 15 is 0 Å². The van der Waals surface area contributed by atoms with Crippen molar-refractivity contribution in [2.45, 2.75) is 195 Å². The Morgan fingerprint density at radius 2 is 1.10 bits per heavy atom. The number of unbranched alkanes of at least 4 members (excludes halogenated alkanes) is 1. The molecule has 242 valence electrons. The van der Waals surface area contributed by atoms with E-state index in [9.17, 15) is 0 Å². The fourth-order valence-electron chi connectivity index (χ4n) is 5.59. The Hall–Kier alpha value is -0.280. The maximum absolute atomic E-state index is 6.83. The van der Waals surface area contributed by atoms with E-state index in [1.165, 1.54) is 0 Å². The number of hydrogen-bond donors (Lipinski definition) is 3. The molecule has 6 N–H and O–H groups in total. The molecule has 0 aromatic rings. The number of ether oxygens (including phenoxy) is 4. The summed E-state index contributed by atoms with van der Waals surface area (Å²) in [5, 5.41) is 0. The Morgan fingerprint density at radius 1 is 0.650 bits per heavy atom. The maximum atomic E-state index is 6.83. The average Bonchev–Trinajstić information content (AvgIpc) is 2.82. The Bertz CT molecular complexity index is 687. The van der Waals surface area contributed by atoms with Crippen molar-refractivity contribution in [2.75, 3.05) is 13.2 Å². The second kappa shape index (κ2) is 17.1. The molecule has 8 atom stereocenters. The molecule has 0 aromatic heterocycles. The van der Waals surface area contributed by atoms with E-state index in [-0.39, 0.29) is 46.5 Å². The van der Waals surface area contributed by atoms with E-state index in [1.807, 2.05) is 20.8 Å². The second-order valence-electron chi connectivity index (χ2n) is 14.3. The van der Waals surface area contributed by atoms with Gasteiger partial charge < -0.3 is 36.1 Å². The SMILES string of the molecule is CCCCC(CC)(COC(C)(CC)CC(C)OC(C)(C)CC(C)N)COC(C)(CC)CC(C)OC(C)(N)C(C)N. The van der Waals surface area contributed by atoms with Crippen LogP contribution in [0.1, 0.15) is 148 Å². The zero-order valence-electron chi connectivity index (χ0n) is 29.0. The summed E-state index contributed by atoms with van der Waals surface area (Å²) in [5.74, 6) is 0. The zero-order chi connectivity index (χ0) is 31.4. The standard InChI is InChI=1S/C33H71N3O4/c1-14-18-19-33(17-4,24-38-31(12,16-3)22-27(7)40-32(13,36)28(8)35)23-37-30(11,15-2)21-26(6)39-29(9,10)20-25(5)34/h25-28H,14-24,34-36H2,1-13H3. The van der Waals surface area contributed by atoms with Crippen molar-refractivity contribution < 1.29 is 18.9 Å². The van der Waals surface area contributed by atoms with Gasteiger partial charge in [-0.3, -0.25) is 0 Å². The van der Waals surface area contributed by atoms with Crippen molar-refractivity contribution in [1.29, 1.82) is 0 Å². The van der Waals surface area contributed by atoms with Crippen molar-refractivity contribution in [2.24, 2.45) is 22.6 Å². The lowest BCUT2D eigenvalue weighted by Gasteiger charge is -2.42. The van der Waals surface area contributed by atoms with Gasteiger partial charge in [0.2, 0.25) is 0 Å². The minimum Gasteiger partial charge on any atom is -0.375 e. The minimum absolute atomic E-state index is 0.0561. The lowest BCUT2D eigenvalue weighted by molar-refractivity contribution is -0.163. The fraction of sp³-hybridized carbons (Fsp3) is 1.00. The summed E-state index contributed by atoms with van der Waals surface area (Å²) >= 11 is 0. The molecule has 0 saturated heterocycles. The molecule has 0 rings (SSSR count). The quantitative estimate of drug-likeness (QED) is 0.112. The lowest BCUT2D eigenvalue weighted by atomic mass is 9.80. The molecule has 0 saturated carbocycles. The van der Waals surface area contributed by atoms with Crippen LogP contribution in [0.3, 0.4) is 0 Å². The van der Waals surface area contributed by atoms with E-state index in [2.05, 4.69) is 69.2 Å². The van der Waals surface area contributed by atoms with Gasteiger partial charge in [-0.05, 0) is 94.4 Å². The van der Waals surface area contributed by atoms with Gasteiger partial charge in [0.15, 0.2) is 0 Å². The van der Waals surface area contributed by atoms with Crippen LogP contribution in [-0.2, 0) is 18.9 Å². The molecule has 0 aromatic carbocycles. The molecule has 0 fully saturated rings. The normalized spacial score (nSPS) is 21.9. The third-order valence-corrected chi connectivity index (χ3v) is 8.89. The van der Waals surface area contributed by atoms with Crippen molar-refractivity contribution >= 4 is 0 Å². The van der Waals surface area contributed by atoms with E-state index in [4.69, 9.17) is 36.1 Å². The highest BCUT2D eigenvalue weighted by Crippen LogP contribution is 2.37. The van der Waals surface area contributed by atoms with Gasteiger partial charge in [-0.1, -0.05) is 40.5 Å². The summed E-state index contributed by atoms with van der Waals surface area (Å²) in [6.07, 6.45) is 8.56. The van der Waals surface area contributed by atoms with Gasteiger partial charge in [0.05, 0.1) is 42.2 Å². The van der Waals surface area contributed by atoms with Crippen molar-refractivity contribution in [3.8, 4) is 0 Å². The van der Waals surface area contributed by atoms with Gasteiger partial charge in [-0.15, -0.1) is 0 Å². The molecule has 8 unspecified atom stereocenters. The molecule has 0 aliphatic rings. The Morgan fingerprint density at radius 3 is 1.45 bits per heavy atom. The number of hydrogen-bond acceptors (Lipinski definition) is 7. The van der Waals surface area contributed by atoms with Gasteiger partial charge in [-0.25, -0.2) is 0 Å². The number of nitrogens with two attached hydrogens (primary N) is 3. The van der Waals surface area contributed by atoms with Gasteiger partial charge in [-0.2, -0.15) is 0 Å². The van der Waals surface area contributed by atoms with Crippen LogP contribution in [0.2, 0.25) is 0 Å². The van der Waals surface area contributed by atoms with Gasteiger partial charge in [0.25, 0.3) is 0 Å². The highest BCUT2D eigenvalue weighted by molar-refractivity contribution is 4.87. The lowest BCUT2D eigenvalue weighted by Crippen LogP contribution is -2.55. The first-order valence-electron chi connectivity index (χ1n) is 16.2. The highest BCUT2D eigenvalue weighted by Gasteiger charge is 2.38. The Labute approximate surface area is 249 Å². The molecule has 7 nitrogen and oxygen atoms in total. The first-order valence-corrected chi connectivity index (χ1v) is 16.2. The van der Waals surface area contributed by atoms with Crippen LogP contribution in [0.5, 0.6) is 0 Å². The molecule has 0 bridgehead atoms. The highest BCUT2D eigenvalue weighted by atomic mass is 16.5. The van der Waals surface area contributed by atoms with Crippen LogP contribution in [-0.4, -0.2) is 60.0 Å². The third kappa shape index (κ3) is 14.8. The first-order chi connectivity index (χ1) is 18.2. The van der Waals surface area contributed by atoms with E-state index < -0.39 is 5.72 Å². The Balaban J connectivity index is 5.56. The maximum Gasteiger partial charge on any atom is 0.129 e. The summed E-state index contributed by atoms with van der Waals surface area (Å²) in [6, 6.07) is -0.161. The monoisotopic (exact) mass is 574 g/mol. The zero-order valence-corrected chi connectivity index (χ0v) is 29.0. The third-order valence-electron chi connectivity index (χ3n) is 8.89. The van der Waals surface area contributed by atoms with Gasteiger partial charge >= 0.3 is 0 Å². The van der Waals surface area contributed by atoms with Crippen LogP contribution < -0.4 is 17.2 Å². The van der Waals surface area contributed by atoms with Crippen molar-refractivity contribution in [1.82, 2.24) is 0 Å². The van der Waals surface area contributed by atoms with Crippen molar-refractivity contribution in [3.05, 3.63) is 0 Å². The molecule has 0 amide bonds. The minimum atomic E-state index is -0.876. The molecular formula is C33H71N3O4. The topological polar surface area (TPSA) is 115 Å². The second-order valence-corrected chi connectivity index (χ2v) is 14.3. The predicted octanol–water partition coefficient (Wildman–Crippen LogP) is 7.07. The molecule has 0 aliphatic carbocycles. The van der Waals surface area contributed by atoms with Crippen LogP contribution >= 0.6 is 0 Å². The molecule has 7 heteroatoms. The van der Waals surface area contributed by atoms with E-state index in [0.29, 0.717) is 13.2 Å². The van der Waals surface area contributed by atoms with Crippen LogP contribution in [0.25, 0.3) is 0 Å². The van der Waals surface area contributed by atoms with Crippen LogP contribution in [0.15, 0.2) is 0 Å². The largest absolute Gasteiger partial charge is 0.375 e. The number of rotatable bonds is 23. The molecule has 0 heterocycles. The molecule has 0 radical (unpaired) electrons. The smallest absolute Gasteiger partial charge is 0.129 e. The predicted molar refractivity (Wildman–Crippen MR) is 170 cm³/mol. The molecule has 0 aliphatic heterocycles. The van der Waals surface area contributed by atoms with Crippen LogP contribution in [0.4, 0.5) is 0 Å². The van der Waals surface area contributed by atoms with E-state index in [1.54, 1.807) is 0 Å². The first kappa shape index (κ1) is 39.7. The summed E-state index contributed by atoms with van der Waals surface area (Å²) in [5.41, 5.74) is 16.6. The summed E-state index contributed by atoms with van der Waals surface area (Å²) < 4.78 is 26.2. The molecular weight excluding hydrogens is 502 g/mol. The average molecular weight is 574 g/mol. The summed E-state index contributed by atoms with van der Waals surface area (Å²) in [7, 11) is 0. The van der Waals surface area contributed by atoms with Crippen molar-refractivity contribution in [3.63, 3.8) is 0 Å². The van der Waals surface area contributed by atoms with Gasteiger partial charge in [0, 0.05) is 30.3 Å². The summed E-state index contributed by atoms with van der Waals surface area (Å²) in [6.45, 7) is 28.9. The van der Waals surface area contributed by atoms with Gasteiger partial charge in [0.1, 0.15) is 5.72 Å². The van der Waals surface area contributed by atoms with E-state index in [0.717, 1.165) is 57.8 Å². The Kier molecular flexibility index (Phi) is 17.0.